The Balaban J connectivity index is 2.24. The molecule has 0 spiro atoms. The van der Waals surface area contributed by atoms with Crippen LogP contribution < -0.4 is 0 Å². The fourth-order valence-electron chi connectivity index (χ4n) is 2.24. The molecule has 2 aromatic carbocycles. The molecule has 1 heterocycles. The highest BCUT2D eigenvalue weighted by atomic mass is 35.5. The minimum Gasteiger partial charge on any atom is -0.354 e. The summed E-state index contributed by atoms with van der Waals surface area (Å²) in [5.41, 5.74) is 2.70. The number of hydrogen-bond donors (Lipinski definition) is 1. The van der Waals surface area contributed by atoms with Crippen LogP contribution in [0.3, 0.4) is 0 Å². The molecule has 0 saturated heterocycles. The monoisotopic (exact) mass is 257 g/mol. The fourth-order valence-corrected chi connectivity index (χ4v) is 2.36. The number of carbonyl (C=O) groups excluding carboxylic acids is 1. The van der Waals surface area contributed by atoms with Gasteiger partial charge in [0, 0.05) is 27.4 Å². The lowest BCUT2D eigenvalue weighted by atomic mass is 10.1. The minimum atomic E-state index is -0.494. The van der Waals surface area contributed by atoms with Crippen LogP contribution in [-0.4, -0.2) is 16.1 Å². The van der Waals surface area contributed by atoms with Crippen molar-refractivity contribution in [1.29, 1.82) is 0 Å². The number of hydrogen-bond acceptors (Lipinski definition) is 1. The van der Waals surface area contributed by atoms with E-state index < -0.39 is 5.38 Å². The second-order valence-corrected chi connectivity index (χ2v) is 5.07. The van der Waals surface area contributed by atoms with Crippen LogP contribution in [0.5, 0.6) is 0 Å². The van der Waals surface area contributed by atoms with Gasteiger partial charge < -0.3 is 4.98 Å². The van der Waals surface area contributed by atoms with Gasteiger partial charge in [0.2, 0.25) is 0 Å². The third kappa shape index (κ3) is 1.70. The second kappa shape index (κ2) is 4.14. The van der Waals surface area contributed by atoms with Crippen molar-refractivity contribution in [3.63, 3.8) is 0 Å². The van der Waals surface area contributed by atoms with E-state index in [9.17, 15) is 4.79 Å². The predicted molar refractivity (Wildman–Crippen MR) is 75.5 cm³/mol. The molecule has 3 aromatic rings. The van der Waals surface area contributed by atoms with Crippen LogP contribution in [0.1, 0.15) is 17.3 Å². The van der Waals surface area contributed by atoms with Crippen LogP contribution >= 0.6 is 11.6 Å². The Bertz CT molecular complexity index is 742. The van der Waals surface area contributed by atoms with E-state index in [1.54, 1.807) is 6.92 Å². The van der Waals surface area contributed by atoms with E-state index in [2.05, 4.69) is 11.1 Å². The molecule has 3 rings (SSSR count). The third-order valence-electron chi connectivity index (χ3n) is 3.15. The molecule has 2 nitrogen and oxygen atoms in total. The molecule has 90 valence electrons. The number of rotatable bonds is 2. The molecule has 1 unspecified atom stereocenters. The SMILES string of the molecule is CC(Cl)C(=O)c1ccc2c(c1)[nH]c1ccccc12. The average molecular weight is 258 g/mol. The van der Waals surface area contributed by atoms with E-state index in [4.69, 9.17) is 11.6 Å². The quantitative estimate of drug-likeness (QED) is 0.543. The van der Waals surface area contributed by atoms with Gasteiger partial charge in [-0.25, -0.2) is 0 Å². The Morgan fingerprint density at radius 2 is 1.83 bits per heavy atom. The van der Waals surface area contributed by atoms with Gasteiger partial charge in [-0.15, -0.1) is 11.6 Å². The first-order valence-corrected chi connectivity index (χ1v) is 6.29. The second-order valence-electron chi connectivity index (χ2n) is 4.41. The molecular formula is C15H12ClNO. The number of aromatic nitrogens is 1. The Kier molecular flexibility index (Phi) is 2.60. The van der Waals surface area contributed by atoms with Crippen molar-refractivity contribution < 1.29 is 4.79 Å². The average Bonchev–Trinajstić information content (AvgIpc) is 2.75. The maximum Gasteiger partial charge on any atom is 0.180 e. The maximum atomic E-state index is 11.9. The van der Waals surface area contributed by atoms with Gasteiger partial charge in [0.1, 0.15) is 0 Å². The van der Waals surface area contributed by atoms with Crippen molar-refractivity contribution in [1.82, 2.24) is 4.98 Å². The summed E-state index contributed by atoms with van der Waals surface area (Å²) in [5, 5.41) is 1.81. The maximum absolute atomic E-state index is 11.9. The molecule has 1 N–H and O–H groups in total. The number of aromatic amines is 1. The Morgan fingerprint density at radius 1 is 1.11 bits per heavy atom. The zero-order chi connectivity index (χ0) is 12.7. The number of Topliss-reactive ketones (excluding diaryl/α,β-unsaturated/α-hetero) is 1. The van der Waals surface area contributed by atoms with E-state index in [0.717, 1.165) is 16.4 Å². The van der Waals surface area contributed by atoms with Gasteiger partial charge in [-0.3, -0.25) is 4.79 Å². The van der Waals surface area contributed by atoms with Crippen LogP contribution in [-0.2, 0) is 0 Å². The first-order valence-electron chi connectivity index (χ1n) is 5.85. The number of alkyl halides is 1. The number of ketones is 1. The normalized spacial score (nSPS) is 13.0. The van der Waals surface area contributed by atoms with Crippen LogP contribution in [0.15, 0.2) is 42.5 Å². The standard InChI is InChI=1S/C15H12ClNO/c1-9(16)15(18)10-6-7-12-11-4-2-3-5-13(11)17-14(12)8-10/h2-9,17H,1H3. The van der Waals surface area contributed by atoms with E-state index in [0.29, 0.717) is 5.56 Å². The highest BCUT2D eigenvalue weighted by molar-refractivity contribution is 6.33. The molecule has 1 atom stereocenters. The summed E-state index contributed by atoms with van der Waals surface area (Å²) in [5.74, 6) is -0.0442. The van der Waals surface area contributed by atoms with E-state index >= 15 is 0 Å². The van der Waals surface area contributed by atoms with Crippen molar-refractivity contribution in [2.24, 2.45) is 0 Å². The van der Waals surface area contributed by atoms with Crippen LogP contribution in [0.25, 0.3) is 21.8 Å². The van der Waals surface area contributed by atoms with Gasteiger partial charge >= 0.3 is 0 Å². The molecule has 0 radical (unpaired) electrons. The Hall–Kier alpha value is -1.80. The molecule has 0 amide bonds. The number of H-pyrrole nitrogens is 1. The lowest BCUT2D eigenvalue weighted by Gasteiger charge is -2.02. The van der Waals surface area contributed by atoms with Gasteiger partial charge in [-0.1, -0.05) is 30.3 Å². The number of para-hydroxylation sites is 1. The molecule has 18 heavy (non-hydrogen) atoms. The van der Waals surface area contributed by atoms with Crippen molar-refractivity contribution in [2.45, 2.75) is 12.3 Å². The van der Waals surface area contributed by atoms with Gasteiger partial charge in [0.15, 0.2) is 5.78 Å². The van der Waals surface area contributed by atoms with Crippen LogP contribution in [0, 0.1) is 0 Å². The van der Waals surface area contributed by atoms with Gasteiger partial charge in [0.25, 0.3) is 0 Å². The van der Waals surface area contributed by atoms with E-state index in [1.165, 1.54) is 5.39 Å². The number of fused-ring (bicyclic) bond motifs is 3. The summed E-state index contributed by atoms with van der Waals surface area (Å²) in [6, 6.07) is 13.8. The van der Waals surface area contributed by atoms with Gasteiger partial charge in [-0.2, -0.15) is 0 Å². The summed E-state index contributed by atoms with van der Waals surface area (Å²) in [6.45, 7) is 1.69. The molecule has 0 aliphatic carbocycles. The third-order valence-corrected chi connectivity index (χ3v) is 3.35. The van der Waals surface area contributed by atoms with Crippen LogP contribution in [0.4, 0.5) is 0 Å². The lowest BCUT2D eigenvalue weighted by molar-refractivity contribution is 0.0992. The summed E-state index contributed by atoms with van der Waals surface area (Å²) in [4.78, 5) is 15.2. The molecule has 0 saturated carbocycles. The summed E-state index contributed by atoms with van der Waals surface area (Å²) < 4.78 is 0. The fraction of sp³-hybridized carbons (Fsp3) is 0.133. The number of carbonyl (C=O) groups is 1. The molecular weight excluding hydrogens is 246 g/mol. The van der Waals surface area contributed by atoms with E-state index in [1.807, 2.05) is 36.4 Å². The molecule has 0 aliphatic heterocycles. The molecule has 3 heteroatoms. The van der Waals surface area contributed by atoms with Crippen molar-refractivity contribution >= 4 is 39.2 Å². The smallest absolute Gasteiger partial charge is 0.180 e. The first kappa shape index (κ1) is 11.3. The molecule has 0 fully saturated rings. The van der Waals surface area contributed by atoms with Crippen molar-refractivity contribution in [2.75, 3.05) is 0 Å². The summed E-state index contributed by atoms with van der Waals surface area (Å²) in [7, 11) is 0. The highest BCUT2D eigenvalue weighted by Gasteiger charge is 2.13. The molecule has 0 bridgehead atoms. The Labute approximate surface area is 110 Å². The number of halogens is 1. The predicted octanol–water partition coefficient (Wildman–Crippen LogP) is 4.13. The van der Waals surface area contributed by atoms with E-state index in [-0.39, 0.29) is 5.78 Å². The zero-order valence-electron chi connectivity index (χ0n) is 9.91. The number of nitrogens with one attached hydrogen (secondary N) is 1. The first-order chi connectivity index (χ1) is 8.66. The molecule has 0 aliphatic rings. The zero-order valence-corrected chi connectivity index (χ0v) is 10.7. The summed E-state index contributed by atoms with van der Waals surface area (Å²) in [6.07, 6.45) is 0. The lowest BCUT2D eigenvalue weighted by Crippen LogP contribution is -2.09. The van der Waals surface area contributed by atoms with Gasteiger partial charge in [-0.05, 0) is 19.1 Å². The molecule has 1 aromatic heterocycles. The Morgan fingerprint density at radius 3 is 2.61 bits per heavy atom. The highest BCUT2D eigenvalue weighted by Crippen LogP contribution is 2.26. The topological polar surface area (TPSA) is 32.9 Å². The van der Waals surface area contributed by atoms with Crippen molar-refractivity contribution in [3.05, 3.63) is 48.0 Å². The van der Waals surface area contributed by atoms with Crippen LogP contribution in [0.2, 0.25) is 0 Å². The number of benzene rings is 2. The minimum absolute atomic E-state index is 0.0442. The largest absolute Gasteiger partial charge is 0.354 e. The van der Waals surface area contributed by atoms with Crippen molar-refractivity contribution in [3.8, 4) is 0 Å². The summed E-state index contributed by atoms with van der Waals surface area (Å²) >= 11 is 5.83. The van der Waals surface area contributed by atoms with Gasteiger partial charge in [0.05, 0.1) is 5.38 Å².